The summed E-state index contributed by atoms with van der Waals surface area (Å²) >= 11 is 5.96. The van der Waals surface area contributed by atoms with Crippen molar-refractivity contribution in [1.29, 1.82) is 0 Å². The fourth-order valence-corrected chi connectivity index (χ4v) is 2.57. The molecule has 0 spiro atoms. The van der Waals surface area contributed by atoms with Gasteiger partial charge in [0.2, 0.25) is 0 Å². The van der Waals surface area contributed by atoms with Gasteiger partial charge in [-0.05, 0) is 24.5 Å². The molecule has 0 aliphatic heterocycles. The lowest BCUT2D eigenvalue weighted by molar-refractivity contribution is -0.0137. The highest BCUT2D eigenvalue weighted by atomic mass is 127. The lowest BCUT2D eigenvalue weighted by atomic mass is 10.1. The molecule has 0 saturated carbocycles. The van der Waals surface area contributed by atoms with Crippen LogP contribution in [0.5, 0.6) is 0 Å². The standard InChI is InChI=1S/C13H18BrIO/c1-9(2)10(3)16-13(8-15)11-6-4-5-7-12(11)14/h4-7,9-10,13H,8H2,1-3H3. The second-order valence-corrected chi connectivity index (χ2v) is 5.98. The molecule has 0 N–H and O–H groups in total. The van der Waals surface area contributed by atoms with Gasteiger partial charge in [0.05, 0.1) is 12.2 Å². The van der Waals surface area contributed by atoms with Gasteiger partial charge in [-0.1, -0.05) is 70.6 Å². The maximum absolute atomic E-state index is 6.09. The zero-order chi connectivity index (χ0) is 12.1. The van der Waals surface area contributed by atoms with Crippen LogP contribution in [-0.2, 0) is 4.74 Å². The van der Waals surface area contributed by atoms with E-state index in [2.05, 4.69) is 77.5 Å². The third-order valence-electron chi connectivity index (χ3n) is 2.71. The Hall–Kier alpha value is 0.390. The van der Waals surface area contributed by atoms with Gasteiger partial charge in [0.15, 0.2) is 0 Å². The number of halogens is 2. The summed E-state index contributed by atoms with van der Waals surface area (Å²) in [6.07, 6.45) is 0.459. The lowest BCUT2D eigenvalue weighted by Crippen LogP contribution is -2.20. The molecule has 0 aliphatic rings. The van der Waals surface area contributed by atoms with E-state index in [-0.39, 0.29) is 12.2 Å². The maximum atomic E-state index is 6.09. The third-order valence-corrected chi connectivity index (χ3v) is 4.23. The molecule has 1 aromatic carbocycles. The smallest absolute Gasteiger partial charge is 0.0928 e. The van der Waals surface area contributed by atoms with Crippen molar-refractivity contribution in [1.82, 2.24) is 0 Å². The first-order valence-corrected chi connectivity index (χ1v) is 7.84. The van der Waals surface area contributed by atoms with E-state index in [9.17, 15) is 0 Å². The Kier molecular flexibility index (Phi) is 6.29. The van der Waals surface area contributed by atoms with Crippen LogP contribution in [0.3, 0.4) is 0 Å². The quantitative estimate of drug-likeness (QED) is 0.503. The first-order valence-electron chi connectivity index (χ1n) is 5.52. The minimum Gasteiger partial charge on any atom is -0.369 e. The fraction of sp³-hybridized carbons (Fsp3) is 0.538. The van der Waals surface area contributed by atoms with Crippen molar-refractivity contribution in [2.24, 2.45) is 5.92 Å². The van der Waals surface area contributed by atoms with Gasteiger partial charge in [0.1, 0.15) is 0 Å². The van der Waals surface area contributed by atoms with Crippen molar-refractivity contribution >= 4 is 38.5 Å². The van der Waals surface area contributed by atoms with Crippen molar-refractivity contribution in [3.63, 3.8) is 0 Å². The van der Waals surface area contributed by atoms with Gasteiger partial charge in [-0.3, -0.25) is 0 Å². The van der Waals surface area contributed by atoms with Gasteiger partial charge in [0.25, 0.3) is 0 Å². The minimum atomic E-state index is 0.175. The van der Waals surface area contributed by atoms with Gasteiger partial charge in [-0.25, -0.2) is 0 Å². The summed E-state index contributed by atoms with van der Waals surface area (Å²) in [5.74, 6) is 0.549. The number of alkyl halides is 1. The predicted molar refractivity (Wildman–Crippen MR) is 81.2 cm³/mol. The molecule has 2 atom stereocenters. The molecule has 16 heavy (non-hydrogen) atoms. The number of hydrogen-bond acceptors (Lipinski definition) is 1. The average molecular weight is 397 g/mol. The molecule has 0 bridgehead atoms. The molecule has 0 heterocycles. The van der Waals surface area contributed by atoms with Gasteiger partial charge in [0, 0.05) is 8.90 Å². The molecule has 0 aromatic heterocycles. The first-order chi connectivity index (χ1) is 7.56. The van der Waals surface area contributed by atoms with Crippen molar-refractivity contribution in [3.8, 4) is 0 Å². The average Bonchev–Trinajstić information content (AvgIpc) is 2.26. The van der Waals surface area contributed by atoms with E-state index in [1.807, 2.05) is 6.07 Å². The molecular weight excluding hydrogens is 379 g/mol. The van der Waals surface area contributed by atoms with Crippen LogP contribution < -0.4 is 0 Å². The summed E-state index contributed by atoms with van der Waals surface area (Å²) < 4.78 is 8.19. The van der Waals surface area contributed by atoms with E-state index in [1.54, 1.807) is 0 Å². The SMILES string of the molecule is CC(C)C(C)OC(CI)c1ccccc1Br. The summed E-state index contributed by atoms with van der Waals surface area (Å²) in [6.45, 7) is 6.52. The van der Waals surface area contributed by atoms with Gasteiger partial charge in [-0.2, -0.15) is 0 Å². The van der Waals surface area contributed by atoms with Crippen molar-refractivity contribution < 1.29 is 4.74 Å². The summed E-state index contributed by atoms with van der Waals surface area (Å²) in [5, 5.41) is 0. The van der Waals surface area contributed by atoms with Crippen LogP contribution in [0, 0.1) is 5.92 Å². The number of rotatable bonds is 5. The molecule has 90 valence electrons. The molecular formula is C13H18BrIO. The molecule has 0 saturated heterocycles. The zero-order valence-electron chi connectivity index (χ0n) is 9.91. The van der Waals surface area contributed by atoms with Crippen LogP contribution in [0.1, 0.15) is 32.4 Å². The second-order valence-electron chi connectivity index (χ2n) is 4.25. The molecule has 1 aromatic rings. The highest BCUT2D eigenvalue weighted by Gasteiger charge is 2.18. The van der Waals surface area contributed by atoms with E-state index in [1.165, 1.54) is 5.56 Å². The predicted octanol–water partition coefficient (Wildman–Crippen LogP) is 4.99. The summed E-state index contributed by atoms with van der Waals surface area (Å²) in [6, 6.07) is 8.28. The lowest BCUT2D eigenvalue weighted by Gasteiger charge is -2.24. The van der Waals surface area contributed by atoms with Crippen LogP contribution in [-0.4, -0.2) is 10.5 Å². The molecule has 0 aliphatic carbocycles. The Morgan fingerprint density at radius 3 is 2.38 bits per heavy atom. The third kappa shape index (κ3) is 4.00. The molecule has 2 unspecified atom stereocenters. The van der Waals surface area contributed by atoms with E-state index in [4.69, 9.17) is 4.74 Å². The Morgan fingerprint density at radius 1 is 1.25 bits per heavy atom. The topological polar surface area (TPSA) is 9.23 Å². The molecule has 1 nitrogen and oxygen atoms in total. The Morgan fingerprint density at radius 2 is 1.88 bits per heavy atom. The van der Waals surface area contributed by atoms with E-state index in [0.717, 1.165) is 8.90 Å². The first kappa shape index (κ1) is 14.5. The molecule has 1 rings (SSSR count). The second kappa shape index (κ2) is 6.97. The normalized spacial score (nSPS) is 15.1. The van der Waals surface area contributed by atoms with Crippen LogP contribution in [0.15, 0.2) is 28.7 Å². The summed E-state index contributed by atoms with van der Waals surface area (Å²) in [5.41, 5.74) is 1.24. The number of ether oxygens (including phenoxy) is 1. The Balaban J connectivity index is 2.79. The van der Waals surface area contributed by atoms with Crippen molar-refractivity contribution in [2.45, 2.75) is 33.0 Å². The van der Waals surface area contributed by atoms with Crippen molar-refractivity contribution in [3.05, 3.63) is 34.3 Å². The van der Waals surface area contributed by atoms with E-state index in [0.29, 0.717) is 5.92 Å². The van der Waals surface area contributed by atoms with Gasteiger partial charge in [-0.15, -0.1) is 0 Å². The molecule has 0 amide bonds. The maximum Gasteiger partial charge on any atom is 0.0928 e. The monoisotopic (exact) mass is 396 g/mol. The van der Waals surface area contributed by atoms with Gasteiger partial charge >= 0.3 is 0 Å². The van der Waals surface area contributed by atoms with E-state index < -0.39 is 0 Å². The minimum absolute atomic E-state index is 0.175. The van der Waals surface area contributed by atoms with Gasteiger partial charge < -0.3 is 4.74 Å². The van der Waals surface area contributed by atoms with Crippen LogP contribution >= 0.6 is 38.5 Å². The van der Waals surface area contributed by atoms with Crippen LogP contribution in [0.4, 0.5) is 0 Å². The summed E-state index contributed by atoms with van der Waals surface area (Å²) in [7, 11) is 0. The van der Waals surface area contributed by atoms with Crippen LogP contribution in [0.25, 0.3) is 0 Å². The van der Waals surface area contributed by atoms with E-state index >= 15 is 0 Å². The number of hydrogen-bond donors (Lipinski definition) is 0. The van der Waals surface area contributed by atoms with Crippen LogP contribution in [0.2, 0.25) is 0 Å². The fourth-order valence-electron chi connectivity index (χ4n) is 1.35. The Bertz CT molecular complexity index is 327. The Labute approximate surface area is 120 Å². The molecule has 0 radical (unpaired) electrons. The highest BCUT2D eigenvalue weighted by molar-refractivity contribution is 14.1. The zero-order valence-corrected chi connectivity index (χ0v) is 13.7. The largest absolute Gasteiger partial charge is 0.369 e. The highest BCUT2D eigenvalue weighted by Crippen LogP contribution is 2.29. The van der Waals surface area contributed by atoms with Crippen molar-refractivity contribution in [2.75, 3.05) is 4.43 Å². The number of benzene rings is 1. The molecule has 3 heteroatoms. The summed E-state index contributed by atoms with van der Waals surface area (Å²) in [4.78, 5) is 0. The molecule has 0 fully saturated rings.